The van der Waals surface area contributed by atoms with Gasteiger partial charge in [0.25, 0.3) is 5.91 Å². The lowest BCUT2D eigenvalue weighted by Crippen LogP contribution is -2.23. The Balaban J connectivity index is 2.08. The molecule has 0 fully saturated rings. The maximum absolute atomic E-state index is 12.3. The van der Waals surface area contributed by atoms with Gasteiger partial charge in [0.2, 0.25) is 0 Å². The highest BCUT2D eigenvalue weighted by Gasteiger charge is 2.12. The van der Waals surface area contributed by atoms with E-state index in [1.54, 1.807) is 23.0 Å². The molecule has 0 saturated carbocycles. The molecule has 1 heterocycles. The van der Waals surface area contributed by atoms with Crippen molar-refractivity contribution in [3.63, 3.8) is 0 Å². The number of amides is 1. The number of halogens is 3. The van der Waals surface area contributed by atoms with Crippen LogP contribution in [0.4, 0.5) is 8.78 Å². The number of aromatic nitrogens is 1. The number of ether oxygens (including phenoxy) is 1. The Morgan fingerprint density at radius 2 is 2.30 bits per heavy atom. The van der Waals surface area contributed by atoms with Crippen LogP contribution in [-0.2, 0) is 6.54 Å². The van der Waals surface area contributed by atoms with Gasteiger partial charge in [0.15, 0.2) is 0 Å². The zero-order valence-corrected chi connectivity index (χ0v) is 12.4. The summed E-state index contributed by atoms with van der Waals surface area (Å²) in [5.41, 5.74) is 2.28. The van der Waals surface area contributed by atoms with Crippen molar-refractivity contribution in [2.75, 3.05) is 0 Å². The Morgan fingerprint density at radius 3 is 2.95 bits per heavy atom. The molecule has 0 spiro atoms. The van der Waals surface area contributed by atoms with Gasteiger partial charge < -0.3 is 10.1 Å². The molecule has 0 bridgehead atoms. The van der Waals surface area contributed by atoms with E-state index in [1.807, 2.05) is 0 Å². The molecule has 1 aromatic heterocycles. The van der Waals surface area contributed by atoms with Crippen molar-refractivity contribution in [1.29, 1.82) is 0 Å². The first-order valence-corrected chi connectivity index (χ1v) is 7.19. The topological polar surface area (TPSA) is 51.2 Å². The predicted octanol–water partition coefficient (Wildman–Crippen LogP) is 3.44. The smallest absolute Gasteiger partial charge is 0.387 e. The summed E-state index contributed by atoms with van der Waals surface area (Å²) < 4.78 is 29.7. The molecular weight excluding hydrogens is 354 g/mol. The van der Waals surface area contributed by atoms with Crippen LogP contribution in [0.15, 0.2) is 33.6 Å². The Hall–Kier alpha value is -1.54. The van der Waals surface area contributed by atoms with Crippen molar-refractivity contribution < 1.29 is 18.3 Å². The molecule has 2 rings (SSSR count). The largest absolute Gasteiger partial charge is 0.434 e. The Kier molecular flexibility index (Phi) is 5.02. The number of nitrogens with one attached hydrogen (secondary N) is 1. The van der Waals surface area contributed by atoms with E-state index in [2.05, 4.69) is 31.0 Å². The van der Waals surface area contributed by atoms with Crippen LogP contribution in [0, 0.1) is 0 Å². The highest BCUT2D eigenvalue weighted by atomic mass is 79.9. The van der Waals surface area contributed by atoms with E-state index in [0.717, 1.165) is 0 Å². The monoisotopic (exact) mass is 362 g/mol. The van der Waals surface area contributed by atoms with Crippen molar-refractivity contribution in [1.82, 2.24) is 10.3 Å². The minimum absolute atomic E-state index is 0.0294. The first-order valence-electron chi connectivity index (χ1n) is 5.46. The van der Waals surface area contributed by atoms with Gasteiger partial charge in [-0.05, 0) is 18.2 Å². The van der Waals surface area contributed by atoms with Gasteiger partial charge in [0, 0.05) is 22.0 Å². The van der Waals surface area contributed by atoms with Crippen molar-refractivity contribution in [3.05, 3.63) is 44.8 Å². The predicted molar refractivity (Wildman–Crippen MR) is 74.1 cm³/mol. The third-order valence-electron chi connectivity index (χ3n) is 2.34. The lowest BCUT2D eigenvalue weighted by atomic mass is 10.2. The number of carbonyl (C=O) groups excluding carboxylic acids is 1. The molecule has 4 nitrogen and oxygen atoms in total. The zero-order valence-electron chi connectivity index (χ0n) is 9.98. The lowest BCUT2D eigenvalue weighted by molar-refractivity contribution is -0.0504. The SMILES string of the molecule is O=C(NCc1cc(Br)ccc1OC(F)F)c1cscn1. The van der Waals surface area contributed by atoms with E-state index < -0.39 is 6.61 Å². The minimum Gasteiger partial charge on any atom is -0.434 e. The maximum Gasteiger partial charge on any atom is 0.387 e. The molecule has 0 unspecified atom stereocenters. The quantitative estimate of drug-likeness (QED) is 0.886. The summed E-state index contributed by atoms with van der Waals surface area (Å²) in [7, 11) is 0. The van der Waals surface area contributed by atoms with Crippen molar-refractivity contribution in [2.24, 2.45) is 0 Å². The van der Waals surface area contributed by atoms with Crippen molar-refractivity contribution in [3.8, 4) is 5.75 Å². The first-order chi connectivity index (χ1) is 9.56. The second-order valence-electron chi connectivity index (χ2n) is 3.69. The van der Waals surface area contributed by atoms with Crippen LogP contribution in [0.1, 0.15) is 16.1 Å². The molecular formula is C12H9BrF2N2O2S. The fourth-order valence-electron chi connectivity index (χ4n) is 1.49. The molecule has 2 aromatic rings. The van der Waals surface area contributed by atoms with Gasteiger partial charge in [-0.2, -0.15) is 8.78 Å². The van der Waals surface area contributed by atoms with Gasteiger partial charge in [-0.3, -0.25) is 4.79 Å². The van der Waals surface area contributed by atoms with Crippen molar-refractivity contribution >= 4 is 33.2 Å². The summed E-state index contributed by atoms with van der Waals surface area (Å²) in [5, 5.41) is 4.21. The average Bonchev–Trinajstić information content (AvgIpc) is 2.92. The number of hydrogen-bond donors (Lipinski definition) is 1. The van der Waals surface area contributed by atoms with Crippen LogP contribution in [0.2, 0.25) is 0 Å². The van der Waals surface area contributed by atoms with Gasteiger partial charge >= 0.3 is 6.61 Å². The van der Waals surface area contributed by atoms with E-state index in [-0.39, 0.29) is 18.2 Å². The fraction of sp³-hybridized carbons (Fsp3) is 0.167. The molecule has 0 saturated heterocycles. The molecule has 8 heteroatoms. The standard InChI is InChI=1S/C12H9BrF2N2O2S/c13-8-1-2-10(19-12(14)15)7(3-8)4-16-11(18)9-5-20-6-17-9/h1-3,5-6,12H,4H2,(H,16,18). The van der Waals surface area contributed by atoms with Gasteiger partial charge in [-0.25, -0.2) is 4.98 Å². The molecule has 106 valence electrons. The van der Waals surface area contributed by atoms with Gasteiger partial charge in [0.05, 0.1) is 5.51 Å². The number of carbonyl (C=O) groups is 1. The number of rotatable bonds is 5. The van der Waals surface area contributed by atoms with Crippen LogP contribution in [-0.4, -0.2) is 17.5 Å². The molecule has 0 radical (unpaired) electrons. The number of thiazole rings is 1. The maximum atomic E-state index is 12.3. The van der Waals surface area contributed by atoms with Crippen LogP contribution in [0.3, 0.4) is 0 Å². The summed E-state index contributed by atoms with van der Waals surface area (Å²) in [6.07, 6.45) is 0. The first kappa shape index (κ1) is 14.9. The summed E-state index contributed by atoms with van der Waals surface area (Å²) in [6.45, 7) is -2.85. The molecule has 0 aliphatic carbocycles. The van der Waals surface area contributed by atoms with Crippen LogP contribution >= 0.6 is 27.3 Å². The average molecular weight is 363 g/mol. The number of alkyl halides is 2. The molecule has 1 amide bonds. The molecule has 0 aliphatic heterocycles. The van der Waals surface area contributed by atoms with E-state index in [4.69, 9.17) is 0 Å². The summed E-state index contributed by atoms with van der Waals surface area (Å²) in [4.78, 5) is 15.6. The summed E-state index contributed by atoms with van der Waals surface area (Å²) in [6, 6.07) is 4.61. The summed E-state index contributed by atoms with van der Waals surface area (Å²) in [5.74, 6) is -0.337. The Labute approximate surface area is 125 Å². The lowest BCUT2D eigenvalue weighted by Gasteiger charge is -2.11. The molecule has 1 aromatic carbocycles. The van der Waals surface area contributed by atoms with Gasteiger partial charge in [-0.15, -0.1) is 11.3 Å². The number of nitrogens with zero attached hydrogens (tertiary/aromatic N) is 1. The van der Waals surface area contributed by atoms with Crippen LogP contribution < -0.4 is 10.1 Å². The zero-order chi connectivity index (χ0) is 14.5. The third kappa shape index (κ3) is 3.97. The highest BCUT2D eigenvalue weighted by Crippen LogP contribution is 2.24. The van der Waals surface area contributed by atoms with E-state index in [9.17, 15) is 13.6 Å². The summed E-state index contributed by atoms with van der Waals surface area (Å²) >= 11 is 4.54. The third-order valence-corrected chi connectivity index (χ3v) is 3.42. The van der Waals surface area contributed by atoms with Gasteiger partial charge in [0.1, 0.15) is 11.4 Å². The van der Waals surface area contributed by atoms with E-state index in [1.165, 1.54) is 17.4 Å². The Bertz CT molecular complexity index is 593. The highest BCUT2D eigenvalue weighted by molar-refractivity contribution is 9.10. The van der Waals surface area contributed by atoms with Crippen LogP contribution in [0.5, 0.6) is 5.75 Å². The fourth-order valence-corrected chi connectivity index (χ4v) is 2.43. The minimum atomic E-state index is -2.91. The number of hydrogen-bond acceptors (Lipinski definition) is 4. The van der Waals surface area contributed by atoms with E-state index in [0.29, 0.717) is 15.7 Å². The molecule has 1 N–H and O–H groups in total. The second-order valence-corrected chi connectivity index (χ2v) is 5.32. The number of benzene rings is 1. The Morgan fingerprint density at radius 1 is 1.50 bits per heavy atom. The van der Waals surface area contributed by atoms with Crippen molar-refractivity contribution in [2.45, 2.75) is 13.2 Å². The molecule has 0 aliphatic rings. The van der Waals surface area contributed by atoms with Gasteiger partial charge in [-0.1, -0.05) is 15.9 Å². The molecule has 0 atom stereocenters. The van der Waals surface area contributed by atoms with Crippen LogP contribution in [0.25, 0.3) is 0 Å². The normalized spacial score (nSPS) is 10.6. The second kappa shape index (κ2) is 6.76. The van der Waals surface area contributed by atoms with E-state index >= 15 is 0 Å². The molecule has 20 heavy (non-hydrogen) atoms.